The van der Waals surface area contributed by atoms with Crippen molar-refractivity contribution in [2.75, 3.05) is 13.2 Å². The molecule has 0 aromatic heterocycles. The molecule has 0 aliphatic rings. The van der Waals surface area contributed by atoms with E-state index in [1.54, 1.807) is 36.1 Å². The maximum Gasteiger partial charge on any atom is 0.242 e. The molecule has 0 saturated heterocycles. The van der Waals surface area contributed by atoms with Gasteiger partial charge in [-0.3, -0.25) is 9.59 Å². The molecule has 0 aliphatic carbocycles. The van der Waals surface area contributed by atoms with Crippen LogP contribution in [-0.4, -0.2) is 35.9 Å². The molecule has 0 aliphatic heterocycles. The Morgan fingerprint density at radius 1 is 1.07 bits per heavy atom. The van der Waals surface area contributed by atoms with Gasteiger partial charge in [-0.1, -0.05) is 55.3 Å². The first kappa shape index (κ1) is 23.7. The summed E-state index contributed by atoms with van der Waals surface area (Å²) in [5, 5.41) is 3.58. The summed E-state index contributed by atoms with van der Waals surface area (Å²) in [4.78, 5) is 27.2. The molecular weight excluding hydrogens is 400 g/mol. The van der Waals surface area contributed by atoms with E-state index in [4.69, 9.17) is 16.3 Å². The van der Waals surface area contributed by atoms with Crippen molar-refractivity contribution in [3.8, 4) is 5.75 Å². The number of amides is 2. The van der Waals surface area contributed by atoms with Gasteiger partial charge in [0.05, 0.1) is 6.61 Å². The van der Waals surface area contributed by atoms with E-state index in [2.05, 4.69) is 12.2 Å². The molecule has 0 radical (unpaired) electrons. The highest BCUT2D eigenvalue weighted by Crippen LogP contribution is 2.16. The lowest BCUT2D eigenvalue weighted by Crippen LogP contribution is -2.47. The molecule has 0 saturated carbocycles. The SMILES string of the molecule is CCCCNC(=O)C(C)N(Cc1ccccc1)C(=O)CCCOc1ccc(Cl)cc1. The highest BCUT2D eigenvalue weighted by atomic mass is 35.5. The number of benzene rings is 2. The van der Waals surface area contributed by atoms with Crippen LogP contribution in [0.25, 0.3) is 0 Å². The van der Waals surface area contributed by atoms with E-state index in [1.807, 2.05) is 30.3 Å². The molecule has 2 aromatic rings. The molecule has 0 bridgehead atoms. The number of hydrogen-bond acceptors (Lipinski definition) is 3. The van der Waals surface area contributed by atoms with Gasteiger partial charge in [-0.15, -0.1) is 0 Å². The predicted molar refractivity (Wildman–Crippen MR) is 121 cm³/mol. The van der Waals surface area contributed by atoms with E-state index in [1.165, 1.54) is 0 Å². The van der Waals surface area contributed by atoms with Crippen LogP contribution in [0.2, 0.25) is 5.02 Å². The van der Waals surface area contributed by atoms with Gasteiger partial charge in [0, 0.05) is 24.5 Å². The van der Waals surface area contributed by atoms with E-state index in [0.717, 1.165) is 24.2 Å². The standard InChI is InChI=1S/C24H31ClN2O3/c1-3-4-16-26-24(29)19(2)27(18-20-9-6-5-7-10-20)23(28)11-8-17-30-22-14-12-21(25)13-15-22/h5-7,9-10,12-15,19H,3-4,8,11,16-18H2,1-2H3,(H,26,29). The van der Waals surface area contributed by atoms with Crippen LogP contribution in [-0.2, 0) is 16.1 Å². The topological polar surface area (TPSA) is 58.6 Å². The molecule has 1 N–H and O–H groups in total. The number of hydrogen-bond donors (Lipinski definition) is 1. The van der Waals surface area contributed by atoms with Gasteiger partial charge in [-0.25, -0.2) is 0 Å². The molecule has 2 amide bonds. The average Bonchev–Trinajstić information content (AvgIpc) is 2.76. The Balaban J connectivity index is 1.93. The largest absolute Gasteiger partial charge is 0.494 e. The summed E-state index contributed by atoms with van der Waals surface area (Å²) in [5.74, 6) is 0.540. The van der Waals surface area contributed by atoms with Crippen LogP contribution in [0.5, 0.6) is 5.75 Å². The zero-order valence-electron chi connectivity index (χ0n) is 17.8. The summed E-state index contributed by atoms with van der Waals surface area (Å²) in [6.45, 7) is 5.31. The van der Waals surface area contributed by atoms with Crippen molar-refractivity contribution in [3.63, 3.8) is 0 Å². The summed E-state index contributed by atoms with van der Waals surface area (Å²) >= 11 is 5.87. The summed E-state index contributed by atoms with van der Waals surface area (Å²) in [5.41, 5.74) is 0.997. The Morgan fingerprint density at radius 2 is 1.77 bits per heavy atom. The Bertz CT molecular complexity index is 781. The van der Waals surface area contributed by atoms with Crippen molar-refractivity contribution >= 4 is 23.4 Å². The highest BCUT2D eigenvalue weighted by Gasteiger charge is 2.25. The lowest BCUT2D eigenvalue weighted by molar-refractivity contribution is -0.140. The number of ether oxygens (including phenoxy) is 1. The van der Waals surface area contributed by atoms with Crippen LogP contribution in [0, 0.1) is 0 Å². The number of halogens is 1. The quantitative estimate of drug-likeness (QED) is 0.490. The number of carbonyl (C=O) groups excluding carboxylic acids is 2. The van der Waals surface area contributed by atoms with E-state index in [9.17, 15) is 9.59 Å². The molecule has 0 spiro atoms. The fourth-order valence-electron chi connectivity index (χ4n) is 2.99. The van der Waals surface area contributed by atoms with E-state index in [-0.39, 0.29) is 11.8 Å². The zero-order valence-corrected chi connectivity index (χ0v) is 18.5. The van der Waals surface area contributed by atoms with E-state index >= 15 is 0 Å². The van der Waals surface area contributed by atoms with Crippen molar-refractivity contribution in [2.24, 2.45) is 0 Å². The predicted octanol–water partition coefficient (Wildman–Crippen LogP) is 4.83. The zero-order chi connectivity index (χ0) is 21.8. The van der Waals surface area contributed by atoms with Crippen LogP contribution in [0.3, 0.4) is 0 Å². The van der Waals surface area contributed by atoms with Gasteiger partial charge < -0.3 is 15.0 Å². The second-order valence-electron chi connectivity index (χ2n) is 7.23. The summed E-state index contributed by atoms with van der Waals surface area (Å²) in [6, 6.07) is 16.3. The minimum Gasteiger partial charge on any atom is -0.494 e. The molecule has 0 heterocycles. The maximum absolute atomic E-state index is 13.0. The van der Waals surface area contributed by atoms with Crippen molar-refractivity contribution in [3.05, 3.63) is 65.2 Å². The van der Waals surface area contributed by atoms with Crippen LogP contribution in [0.1, 0.15) is 45.1 Å². The van der Waals surface area contributed by atoms with E-state index < -0.39 is 6.04 Å². The monoisotopic (exact) mass is 430 g/mol. The molecule has 1 atom stereocenters. The number of nitrogens with zero attached hydrogens (tertiary/aromatic N) is 1. The van der Waals surface area contributed by atoms with Crippen LogP contribution in [0.15, 0.2) is 54.6 Å². The molecule has 30 heavy (non-hydrogen) atoms. The van der Waals surface area contributed by atoms with Gasteiger partial charge in [0.15, 0.2) is 0 Å². The number of unbranched alkanes of at least 4 members (excludes halogenated alkanes) is 1. The Morgan fingerprint density at radius 3 is 2.43 bits per heavy atom. The second-order valence-corrected chi connectivity index (χ2v) is 7.67. The molecule has 1 unspecified atom stereocenters. The average molecular weight is 431 g/mol. The van der Waals surface area contributed by atoms with Gasteiger partial charge in [0.1, 0.15) is 11.8 Å². The molecule has 6 heteroatoms. The third-order valence-electron chi connectivity index (χ3n) is 4.81. The number of nitrogens with one attached hydrogen (secondary N) is 1. The second kappa shape index (κ2) is 12.9. The highest BCUT2D eigenvalue weighted by molar-refractivity contribution is 6.30. The fourth-order valence-corrected chi connectivity index (χ4v) is 3.11. The fraction of sp³-hybridized carbons (Fsp3) is 0.417. The molecule has 2 aromatic carbocycles. The third kappa shape index (κ3) is 8.07. The van der Waals surface area contributed by atoms with Crippen LogP contribution < -0.4 is 10.1 Å². The normalized spacial score (nSPS) is 11.6. The van der Waals surface area contributed by atoms with Gasteiger partial charge in [-0.2, -0.15) is 0 Å². The lowest BCUT2D eigenvalue weighted by Gasteiger charge is -2.29. The van der Waals surface area contributed by atoms with Crippen molar-refractivity contribution in [2.45, 2.75) is 52.1 Å². The van der Waals surface area contributed by atoms with Gasteiger partial charge in [-0.05, 0) is 49.6 Å². The molecular formula is C24H31ClN2O3. The first-order valence-electron chi connectivity index (χ1n) is 10.5. The Kier molecular flexibility index (Phi) is 10.2. The third-order valence-corrected chi connectivity index (χ3v) is 5.06. The maximum atomic E-state index is 13.0. The molecule has 5 nitrogen and oxygen atoms in total. The summed E-state index contributed by atoms with van der Waals surface area (Å²) < 4.78 is 5.67. The molecule has 2 rings (SSSR count). The minimum atomic E-state index is -0.535. The first-order valence-corrected chi connectivity index (χ1v) is 10.9. The van der Waals surface area contributed by atoms with Crippen molar-refractivity contribution < 1.29 is 14.3 Å². The van der Waals surface area contributed by atoms with Crippen molar-refractivity contribution in [1.82, 2.24) is 10.2 Å². The Hall–Kier alpha value is -2.53. The summed E-state index contributed by atoms with van der Waals surface area (Å²) in [7, 11) is 0. The number of carbonyl (C=O) groups is 2. The van der Waals surface area contributed by atoms with Gasteiger partial charge >= 0.3 is 0 Å². The van der Waals surface area contributed by atoms with E-state index in [0.29, 0.717) is 37.6 Å². The van der Waals surface area contributed by atoms with Crippen LogP contribution >= 0.6 is 11.6 Å². The number of rotatable bonds is 12. The first-order chi connectivity index (χ1) is 14.5. The van der Waals surface area contributed by atoms with Crippen molar-refractivity contribution in [1.29, 1.82) is 0 Å². The molecule has 0 fully saturated rings. The minimum absolute atomic E-state index is 0.0586. The Labute approximate surface area is 184 Å². The van der Waals surface area contributed by atoms with Gasteiger partial charge in [0.2, 0.25) is 11.8 Å². The molecule has 162 valence electrons. The van der Waals surface area contributed by atoms with Crippen LogP contribution in [0.4, 0.5) is 0 Å². The lowest BCUT2D eigenvalue weighted by atomic mass is 10.1. The summed E-state index contributed by atoms with van der Waals surface area (Å²) in [6.07, 6.45) is 2.81. The smallest absolute Gasteiger partial charge is 0.242 e. The van der Waals surface area contributed by atoms with Gasteiger partial charge in [0.25, 0.3) is 0 Å².